The summed E-state index contributed by atoms with van der Waals surface area (Å²) in [5.74, 6) is -0.238. The summed E-state index contributed by atoms with van der Waals surface area (Å²) in [6, 6.07) is 4.15. The average Bonchev–Trinajstić information content (AvgIpc) is 2.44. The molecule has 0 radical (unpaired) electrons. The Kier molecular flexibility index (Phi) is 4.80. The van der Waals surface area contributed by atoms with E-state index in [-0.39, 0.29) is 5.82 Å². The van der Waals surface area contributed by atoms with Gasteiger partial charge in [-0.1, -0.05) is 0 Å². The first kappa shape index (κ1) is 18.1. The molecule has 132 valence electrons. The van der Waals surface area contributed by atoms with Gasteiger partial charge in [-0.05, 0) is 56.7 Å². The van der Waals surface area contributed by atoms with Gasteiger partial charge in [0.2, 0.25) is 0 Å². The van der Waals surface area contributed by atoms with Crippen molar-refractivity contribution in [2.24, 2.45) is 0 Å². The Morgan fingerprint density at radius 2 is 2.12 bits per heavy atom. The zero-order chi connectivity index (χ0) is 18.1. The summed E-state index contributed by atoms with van der Waals surface area (Å²) < 4.78 is 5.50. The summed E-state index contributed by atoms with van der Waals surface area (Å²) >= 11 is 0. The SMILES string of the molecule is CC(C)(C)OC(=O)N1CCNC(C)(C)C1c1cccc([N+](=O)[O-])n1. The fourth-order valence-corrected chi connectivity index (χ4v) is 2.85. The molecule has 0 saturated carbocycles. The zero-order valence-electron chi connectivity index (χ0n) is 14.7. The second-order valence-electron chi connectivity index (χ2n) is 7.40. The molecule has 1 saturated heterocycles. The molecule has 1 aliphatic rings. The van der Waals surface area contributed by atoms with E-state index < -0.39 is 28.2 Å². The lowest BCUT2D eigenvalue weighted by Gasteiger charge is -2.45. The molecule has 0 aromatic carbocycles. The summed E-state index contributed by atoms with van der Waals surface area (Å²) in [6.45, 7) is 10.3. The van der Waals surface area contributed by atoms with E-state index in [0.29, 0.717) is 18.8 Å². The molecular formula is C16H24N4O4. The van der Waals surface area contributed by atoms with Crippen LogP contribution in [0.15, 0.2) is 18.2 Å². The van der Waals surface area contributed by atoms with Crippen LogP contribution in [0.1, 0.15) is 46.4 Å². The van der Waals surface area contributed by atoms with Gasteiger partial charge in [-0.25, -0.2) is 4.79 Å². The van der Waals surface area contributed by atoms with Crippen molar-refractivity contribution >= 4 is 11.9 Å². The van der Waals surface area contributed by atoms with Gasteiger partial charge in [0, 0.05) is 24.7 Å². The fourth-order valence-electron chi connectivity index (χ4n) is 2.85. The number of carbonyl (C=O) groups excluding carboxylic acids is 1. The molecule has 8 nitrogen and oxygen atoms in total. The molecule has 1 N–H and O–H groups in total. The van der Waals surface area contributed by atoms with Crippen LogP contribution in [0.4, 0.5) is 10.6 Å². The number of nitrogens with one attached hydrogen (secondary N) is 1. The number of nitrogens with zero attached hydrogens (tertiary/aromatic N) is 3. The summed E-state index contributed by atoms with van der Waals surface area (Å²) in [7, 11) is 0. The van der Waals surface area contributed by atoms with Crippen LogP contribution in [0.5, 0.6) is 0 Å². The van der Waals surface area contributed by atoms with E-state index in [1.165, 1.54) is 6.07 Å². The number of carbonyl (C=O) groups is 1. The van der Waals surface area contributed by atoms with Gasteiger partial charge in [-0.15, -0.1) is 0 Å². The van der Waals surface area contributed by atoms with Crippen molar-refractivity contribution in [3.63, 3.8) is 0 Å². The predicted molar refractivity (Wildman–Crippen MR) is 88.7 cm³/mol. The minimum atomic E-state index is -0.618. The van der Waals surface area contributed by atoms with Crippen LogP contribution in [0.3, 0.4) is 0 Å². The highest BCUT2D eigenvalue weighted by atomic mass is 16.6. The second-order valence-corrected chi connectivity index (χ2v) is 7.40. The summed E-state index contributed by atoms with van der Waals surface area (Å²) in [6.07, 6.45) is -0.449. The molecule has 2 rings (SSSR count). The van der Waals surface area contributed by atoms with Gasteiger partial charge in [0.05, 0.1) is 0 Å². The molecule has 1 amide bonds. The topological polar surface area (TPSA) is 97.6 Å². The molecule has 2 heterocycles. The highest BCUT2D eigenvalue weighted by Crippen LogP contribution is 2.34. The Morgan fingerprint density at radius 1 is 1.46 bits per heavy atom. The summed E-state index contributed by atoms with van der Waals surface area (Å²) in [5, 5.41) is 14.4. The van der Waals surface area contributed by atoms with Gasteiger partial charge >= 0.3 is 11.9 Å². The van der Waals surface area contributed by atoms with Gasteiger partial charge in [0.15, 0.2) is 5.69 Å². The highest BCUT2D eigenvalue weighted by Gasteiger charge is 2.45. The number of nitro groups is 1. The van der Waals surface area contributed by atoms with E-state index in [9.17, 15) is 14.9 Å². The Morgan fingerprint density at radius 3 is 2.71 bits per heavy atom. The van der Waals surface area contributed by atoms with E-state index in [1.54, 1.807) is 37.8 Å². The maximum atomic E-state index is 12.6. The van der Waals surface area contributed by atoms with E-state index in [0.717, 1.165) is 0 Å². The Labute approximate surface area is 141 Å². The summed E-state index contributed by atoms with van der Waals surface area (Å²) in [4.78, 5) is 28.8. The standard InChI is InChI=1S/C16H24N4O4/c1-15(2,3)24-14(21)19-10-9-17-16(4,5)13(19)11-7-6-8-12(18-11)20(22)23/h6-8,13,17H,9-10H2,1-5H3. The van der Waals surface area contributed by atoms with Crippen LogP contribution in [0, 0.1) is 10.1 Å². The van der Waals surface area contributed by atoms with E-state index in [4.69, 9.17) is 4.74 Å². The number of amides is 1. The first-order chi connectivity index (χ1) is 11.0. The van der Waals surface area contributed by atoms with Gasteiger partial charge in [-0.2, -0.15) is 0 Å². The molecule has 1 aromatic heterocycles. The molecule has 24 heavy (non-hydrogen) atoms. The monoisotopic (exact) mass is 336 g/mol. The van der Waals surface area contributed by atoms with Crippen molar-refractivity contribution in [1.82, 2.24) is 15.2 Å². The molecule has 1 fully saturated rings. The van der Waals surface area contributed by atoms with Crippen molar-refractivity contribution in [3.05, 3.63) is 34.0 Å². The number of hydrogen-bond donors (Lipinski definition) is 1. The van der Waals surface area contributed by atoms with Crippen LogP contribution in [0.2, 0.25) is 0 Å². The third-order valence-corrected chi connectivity index (χ3v) is 3.78. The normalized spacial score (nSPS) is 20.5. The van der Waals surface area contributed by atoms with Crippen molar-refractivity contribution in [3.8, 4) is 0 Å². The zero-order valence-corrected chi connectivity index (χ0v) is 14.7. The van der Waals surface area contributed by atoms with Crippen LogP contribution in [-0.4, -0.2) is 45.1 Å². The first-order valence-corrected chi connectivity index (χ1v) is 7.87. The van der Waals surface area contributed by atoms with E-state index >= 15 is 0 Å². The Hall–Kier alpha value is -2.22. The minimum absolute atomic E-state index is 0.238. The van der Waals surface area contributed by atoms with Crippen molar-refractivity contribution in [2.75, 3.05) is 13.1 Å². The van der Waals surface area contributed by atoms with Crippen LogP contribution in [0.25, 0.3) is 0 Å². The lowest BCUT2D eigenvalue weighted by Crippen LogP contribution is -2.60. The third kappa shape index (κ3) is 4.00. The molecule has 1 aromatic rings. The number of ether oxygens (including phenoxy) is 1. The smallest absolute Gasteiger partial charge is 0.411 e. The van der Waals surface area contributed by atoms with Gasteiger partial charge in [-0.3, -0.25) is 4.90 Å². The van der Waals surface area contributed by atoms with Gasteiger partial charge in [0.25, 0.3) is 0 Å². The second kappa shape index (κ2) is 6.35. The average molecular weight is 336 g/mol. The quantitative estimate of drug-likeness (QED) is 0.658. The highest BCUT2D eigenvalue weighted by molar-refractivity contribution is 5.69. The molecule has 1 atom stereocenters. The molecular weight excluding hydrogens is 312 g/mol. The number of piperazine rings is 1. The fraction of sp³-hybridized carbons (Fsp3) is 0.625. The first-order valence-electron chi connectivity index (χ1n) is 7.87. The number of rotatable bonds is 2. The minimum Gasteiger partial charge on any atom is -0.444 e. The maximum absolute atomic E-state index is 12.6. The molecule has 1 unspecified atom stereocenters. The number of hydrogen-bond acceptors (Lipinski definition) is 6. The van der Waals surface area contributed by atoms with Gasteiger partial charge in [0.1, 0.15) is 11.6 Å². The molecule has 0 bridgehead atoms. The molecule has 0 spiro atoms. The van der Waals surface area contributed by atoms with Crippen molar-refractivity contribution < 1.29 is 14.5 Å². The largest absolute Gasteiger partial charge is 0.444 e. The van der Waals surface area contributed by atoms with E-state index in [2.05, 4.69) is 10.3 Å². The maximum Gasteiger partial charge on any atom is 0.411 e. The lowest BCUT2D eigenvalue weighted by atomic mass is 9.88. The molecule has 1 aliphatic heterocycles. The summed E-state index contributed by atoms with van der Waals surface area (Å²) in [5.41, 5.74) is -0.656. The van der Waals surface area contributed by atoms with Crippen LogP contribution < -0.4 is 5.32 Å². The van der Waals surface area contributed by atoms with Crippen LogP contribution >= 0.6 is 0 Å². The van der Waals surface area contributed by atoms with E-state index in [1.807, 2.05) is 13.8 Å². The molecule has 0 aliphatic carbocycles. The van der Waals surface area contributed by atoms with Crippen molar-refractivity contribution in [1.29, 1.82) is 0 Å². The Balaban J connectivity index is 2.41. The third-order valence-electron chi connectivity index (χ3n) is 3.78. The van der Waals surface area contributed by atoms with Crippen LogP contribution in [-0.2, 0) is 4.74 Å². The Bertz CT molecular complexity index is 639. The van der Waals surface area contributed by atoms with Gasteiger partial charge < -0.3 is 20.2 Å². The lowest BCUT2D eigenvalue weighted by molar-refractivity contribution is -0.389. The number of pyridine rings is 1. The predicted octanol–water partition coefficient (Wildman–Crippen LogP) is 2.65. The number of aromatic nitrogens is 1. The molecule has 8 heteroatoms. The van der Waals surface area contributed by atoms with Crippen molar-refractivity contribution in [2.45, 2.75) is 51.8 Å².